The Morgan fingerprint density at radius 1 is 1.00 bits per heavy atom. The van der Waals surface area contributed by atoms with E-state index in [0.29, 0.717) is 5.69 Å². The Hall–Kier alpha value is -2.05. The first kappa shape index (κ1) is 20.7. The highest BCUT2D eigenvalue weighted by Gasteiger charge is 2.23. The Morgan fingerprint density at radius 2 is 1.61 bits per heavy atom. The van der Waals surface area contributed by atoms with Crippen LogP contribution in [0.25, 0.3) is 0 Å². The van der Waals surface area contributed by atoms with E-state index in [1.165, 1.54) is 0 Å². The van der Waals surface area contributed by atoms with Crippen molar-refractivity contribution < 1.29 is 13.3 Å². The minimum Gasteiger partial charge on any atom is -0.359 e. The summed E-state index contributed by atoms with van der Waals surface area (Å²) >= 11 is 0. The van der Waals surface area contributed by atoms with Crippen molar-refractivity contribution in [2.24, 2.45) is 0 Å². The van der Waals surface area contributed by atoms with E-state index >= 15 is 0 Å². The van der Waals surface area contributed by atoms with Crippen LogP contribution in [0, 0.1) is 0 Å². The van der Waals surface area contributed by atoms with E-state index in [0.717, 1.165) is 44.0 Å². The fourth-order valence-electron chi connectivity index (χ4n) is 3.59. The topological polar surface area (TPSA) is 53.9 Å². The van der Waals surface area contributed by atoms with Crippen LogP contribution in [0.1, 0.15) is 33.3 Å². The third kappa shape index (κ3) is 4.67. The van der Waals surface area contributed by atoms with Crippen LogP contribution in [0.15, 0.2) is 53.4 Å². The minimum atomic E-state index is -3.63. The standard InChI is InChI=1S/C22H31N3O2S/c1-5-24-14-16-25(17-15-24)21-9-7-6-8-20(21)23-28(26,27)19-12-10-18(11-13-19)22(2,3)4/h6-13,23H,5,14-17H2,1-4H3/p+1. The number of quaternary nitrogens is 1. The van der Waals surface area contributed by atoms with Gasteiger partial charge in [0.05, 0.1) is 49.0 Å². The molecule has 1 saturated heterocycles. The van der Waals surface area contributed by atoms with Crippen molar-refractivity contribution in [1.29, 1.82) is 0 Å². The lowest BCUT2D eigenvalue weighted by Gasteiger charge is -2.34. The molecule has 6 heteroatoms. The fourth-order valence-corrected chi connectivity index (χ4v) is 4.67. The summed E-state index contributed by atoms with van der Waals surface area (Å²) in [5.74, 6) is 0. The van der Waals surface area contributed by atoms with E-state index in [2.05, 4.69) is 37.3 Å². The summed E-state index contributed by atoms with van der Waals surface area (Å²) in [6.45, 7) is 13.7. The lowest BCUT2D eigenvalue weighted by Crippen LogP contribution is -3.14. The molecular weight excluding hydrogens is 370 g/mol. The zero-order valence-electron chi connectivity index (χ0n) is 17.3. The number of nitrogens with one attached hydrogen (secondary N) is 2. The summed E-state index contributed by atoms with van der Waals surface area (Å²) in [5.41, 5.74) is 2.70. The van der Waals surface area contributed by atoms with Gasteiger partial charge in [-0.1, -0.05) is 45.0 Å². The predicted octanol–water partition coefficient (Wildman–Crippen LogP) is 2.51. The maximum Gasteiger partial charge on any atom is 0.261 e. The highest BCUT2D eigenvalue weighted by molar-refractivity contribution is 7.92. The third-order valence-corrected chi connectivity index (χ3v) is 6.87. The van der Waals surface area contributed by atoms with Crippen molar-refractivity contribution in [3.63, 3.8) is 0 Å². The third-order valence-electron chi connectivity index (χ3n) is 5.49. The van der Waals surface area contributed by atoms with E-state index in [-0.39, 0.29) is 10.3 Å². The van der Waals surface area contributed by atoms with Gasteiger partial charge in [-0.05, 0) is 42.2 Å². The normalized spacial score (nSPS) is 16.2. The van der Waals surface area contributed by atoms with Gasteiger partial charge in [0, 0.05) is 0 Å². The van der Waals surface area contributed by atoms with Gasteiger partial charge < -0.3 is 9.80 Å². The quantitative estimate of drug-likeness (QED) is 0.808. The van der Waals surface area contributed by atoms with Crippen LogP contribution in [0.4, 0.5) is 11.4 Å². The van der Waals surface area contributed by atoms with E-state index in [4.69, 9.17) is 0 Å². The molecule has 0 amide bonds. The Balaban J connectivity index is 1.81. The smallest absolute Gasteiger partial charge is 0.261 e. The van der Waals surface area contributed by atoms with E-state index in [1.807, 2.05) is 36.4 Å². The van der Waals surface area contributed by atoms with Crippen LogP contribution in [0.3, 0.4) is 0 Å². The Morgan fingerprint density at radius 3 is 2.18 bits per heavy atom. The zero-order valence-corrected chi connectivity index (χ0v) is 18.1. The molecule has 152 valence electrons. The number of rotatable bonds is 5. The molecule has 0 spiro atoms. The number of sulfonamides is 1. The second kappa shape index (κ2) is 8.13. The fraction of sp³-hybridized carbons (Fsp3) is 0.455. The molecule has 0 unspecified atom stereocenters. The second-order valence-electron chi connectivity index (χ2n) is 8.49. The van der Waals surface area contributed by atoms with Crippen molar-refractivity contribution in [3.05, 3.63) is 54.1 Å². The molecule has 5 nitrogen and oxygen atoms in total. The Bertz CT molecular complexity index is 894. The SMILES string of the molecule is CC[NH+]1CCN(c2ccccc2NS(=O)(=O)c2ccc(C(C)(C)C)cc2)CC1. The number of benzene rings is 2. The van der Waals surface area contributed by atoms with Crippen molar-refractivity contribution in [2.45, 2.75) is 38.0 Å². The molecule has 1 fully saturated rings. The monoisotopic (exact) mass is 402 g/mol. The Kier molecular flexibility index (Phi) is 6.01. The van der Waals surface area contributed by atoms with Gasteiger partial charge >= 0.3 is 0 Å². The van der Waals surface area contributed by atoms with Gasteiger partial charge in [0.15, 0.2) is 0 Å². The van der Waals surface area contributed by atoms with Gasteiger partial charge in [0.2, 0.25) is 0 Å². The van der Waals surface area contributed by atoms with Gasteiger partial charge in [0.1, 0.15) is 0 Å². The summed E-state index contributed by atoms with van der Waals surface area (Å²) in [6.07, 6.45) is 0. The van der Waals surface area contributed by atoms with Crippen LogP contribution in [-0.2, 0) is 15.4 Å². The average Bonchev–Trinajstić information content (AvgIpc) is 2.68. The van der Waals surface area contributed by atoms with Gasteiger partial charge in [-0.25, -0.2) is 8.42 Å². The van der Waals surface area contributed by atoms with Crippen LogP contribution in [0.2, 0.25) is 0 Å². The van der Waals surface area contributed by atoms with Crippen LogP contribution in [0.5, 0.6) is 0 Å². The molecule has 1 heterocycles. The maximum atomic E-state index is 13.0. The second-order valence-corrected chi connectivity index (χ2v) is 10.2. The first-order chi connectivity index (χ1) is 13.2. The van der Waals surface area contributed by atoms with Crippen molar-refractivity contribution in [3.8, 4) is 0 Å². The average molecular weight is 403 g/mol. The molecule has 0 saturated carbocycles. The molecule has 2 N–H and O–H groups in total. The molecule has 1 aliphatic heterocycles. The number of hydrogen-bond donors (Lipinski definition) is 2. The maximum absolute atomic E-state index is 13.0. The first-order valence-corrected chi connectivity index (χ1v) is 11.5. The summed E-state index contributed by atoms with van der Waals surface area (Å²) in [7, 11) is -3.63. The molecule has 0 aliphatic carbocycles. The number of para-hydroxylation sites is 2. The predicted molar refractivity (Wildman–Crippen MR) is 116 cm³/mol. The largest absolute Gasteiger partial charge is 0.359 e. The van der Waals surface area contributed by atoms with Crippen molar-refractivity contribution in [2.75, 3.05) is 42.3 Å². The van der Waals surface area contributed by atoms with Crippen LogP contribution >= 0.6 is 0 Å². The highest BCUT2D eigenvalue weighted by Crippen LogP contribution is 2.29. The van der Waals surface area contributed by atoms with Crippen LogP contribution in [-0.4, -0.2) is 41.1 Å². The lowest BCUT2D eigenvalue weighted by atomic mass is 9.87. The number of hydrogen-bond acceptors (Lipinski definition) is 3. The van der Waals surface area contributed by atoms with E-state index in [9.17, 15) is 8.42 Å². The molecule has 28 heavy (non-hydrogen) atoms. The molecule has 0 aromatic heterocycles. The number of anilines is 2. The molecule has 2 aromatic rings. The van der Waals surface area contributed by atoms with Gasteiger partial charge in [-0.3, -0.25) is 4.72 Å². The molecule has 2 aromatic carbocycles. The number of piperazine rings is 1. The molecular formula is C22H32N3O2S+. The summed E-state index contributed by atoms with van der Waals surface area (Å²) in [4.78, 5) is 4.16. The highest BCUT2D eigenvalue weighted by atomic mass is 32.2. The van der Waals surface area contributed by atoms with E-state index in [1.54, 1.807) is 17.0 Å². The number of likely N-dealkylation sites (N-methyl/N-ethyl adjacent to an activating group) is 1. The minimum absolute atomic E-state index is 0.00899. The van der Waals surface area contributed by atoms with Crippen molar-refractivity contribution >= 4 is 21.4 Å². The summed E-state index contributed by atoms with van der Waals surface area (Å²) < 4.78 is 28.7. The zero-order chi connectivity index (χ0) is 20.4. The van der Waals surface area contributed by atoms with Gasteiger partial charge in [-0.15, -0.1) is 0 Å². The van der Waals surface area contributed by atoms with Crippen molar-refractivity contribution in [1.82, 2.24) is 0 Å². The lowest BCUT2D eigenvalue weighted by molar-refractivity contribution is -0.898. The van der Waals surface area contributed by atoms with E-state index < -0.39 is 10.0 Å². The first-order valence-electron chi connectivity index (χ1n) is 10.0. The Labute approximate surface area is 169 Å². The molecule has 0 bridgehead atoms. The summed E-state index contributed by atoms with van der Waals surface area (Å²) in [6, 6.07) is 14.8. The summed E-state index contributed by atoms with van der Waals surface area (Å²) in [5, 5.41) is 0. The molecule has 0 atom stereocenters. The number of nitrogens with zero attached hydrogens (tertiary/aromatic N) is 1. The molecule has 0 radical (unpaired) electrons. The van der Waals surface area contributed by atoms with Crippen LogP contribution < -0.4 is 14.5 Å². The van der Waals surface area contributed by atoms with Gasteiger partial charge in [0.25, 0.3) is 10.0 Å². The van der Waals surface area contributed by atoms with Gasteiger partial charge in [-0.2, -0.15) is 0 Å². The molecule has 3 rings (SSSR count). The molecule has 1 aliphatic rings.